The predicted molar refractivity (Wildman–Crippen MR) is 101 cm³/mol. The van der Waals surface area contributed by atoms with E-state index in [1.54, 1.807) is 7.05 Å². The number of likely N-dealkylation sites (N-methyl/N-ethyl adjacent to an activating group) is 1. The maximum absolute atomic E-state index is 12.4. The van der Waals surface area contributed by atoms with Gasteiger partial charge in [0.1, 0.15) is 0 Å². The van der Waals surface area contributed by atoms with E-state index < -0.39 is 12.7 Å². The number of alkyl halides is 3. The van der Waals surface area contributed by atoms with E-state index in [9.17, 15) is 13.2 Å². The Kier molecular flexibility index (Phi) is 9.07. The number of likely N-dealkylation sites (tertiary alicyclic amines) is 1. The number of hydrogen-bond acceptors (Lipinski definition) is 3. The van der Waals surface area contributed by atoms with E-state index in [1.807, 2.05) is 0 Å². The standard InChI is InChI=1S/C15H28F3N5.HI/c1-3-23(13-4-5-13)9-7-20-14(19-2)21-12-6-8-22(10-12)11-15(16,17)18;/h12-13H,3-11H2,1-2H3,(H2,19,20,21);1H. The summed E-state index contributed by atoms with van der Waals surface area (Å²) in [5.74, 6) is 0.677. The molecule has 0 spiro atoms. The fraction of sp³-hybridized carbons (Fsp3) is 0.933. The highest BCUT2D eigenvalue weighted by Crippen LogP contribution is 2.25. The van der Waals surface area contributed by atoms with Crippen LogP contribution in [-0.2, 0) is 0 Å². The van der Waals surface area contributed by atoms with Gasteiger partial charge in [0.25, 0.3) is 0 Å². The molecule has 1 heterocycles. The molecule has 5 nitrogen and oxygen atoms in total. The van der Waals surface area contributed by atoms with Crippen molar-refractivity contribution in [2.24, 2.45) is 4.99 Å². The first-order valence-electron chi connectivity index (χ1n) is 8.41. The van der Waals surface area contributed by atoms with Crippen LogP contribution >= 0.6 is 24.0 Å². The quantitative estimate of drug-likeness (QED) is 0.344. The first-order valence-corrected chi connectivity index (χ1v) is 8.41. The third kappa shape index (κ3) is 7.73. The largest absolute Gasteiger partial charge is 0.401 e. The summed E-state index contributed by atoms with van der Waals surface area (Å²) in [7, 11) is 1.69. The van der Waals surface area contributed by atoms with Crippen molar-refractivity contribution in [3.63, 3.8) is 0 Å². The first-order chi connectivity index (χ1) is 10.9. The molecule has 1 saturated heterocycles. The van der Waals surface area contributed by atoms with Gasteiger partial charge in [-0.3, -0.25) is 14.8 Å². The van der Waals surface area contributed by atoms with Gasteiger partial charge in [0.05, 0.1) is 6.54 Å². The van der Waals surface area contributed by atoms with Crippen LogP contribution in [-0.4, -0.2) is 80.3 Å². The summed E-state index contributed by atoms with van der Waals surface area (Å²) in [6, 6.07) is 0.761. The molecule has 2 fully saturated rings. The Morgan fingerprint density at radius 1 is 1.29 bits per heavy atom. The van der Waals surface area contributed by atoms with Gasteiger partial charge in [0, 0.05) is 45.3 Å². The van der Waals surface area contributed by atoms with E-state index in [-0.39, 0.29) is 30.0 Å². The van der Waals surface area contributed by atoms with E-state index in [0.717, 1.165) is 25.7 Å². The molecule has 1 saturated carbocycles. The molecule has 9 heteroatoms. The molecular formula is C15H29F3IN5. The number of nitrogens with zero attached hydrogens (tertiary/aromatic N) is 3. The molecule has 0 radical (unpaired) electrons. The minimum atomic E-state index is -4.12. The molecule has 1 unspecified atom stereocenters. The van der Waals surface area contributed by atoms with Crippen LogP contribution in [0.1, 0.15) is 26.2 Å². The SMILES string of the molecule is CCN(CCNC(=NC)NC1CCN(CC(F)(F)F)C1)C1CC1.I. The van der Waals surface area contributed by atoms with Crippen molar-refractivity contribution in [1.82, 2.24) is 20.4 Å². The molecule has 0 aromatic carbocycles. The molecule has 0 aromatic rings. The molecule has 2 N–H and O–H groups in total. The highest BCUT2D eigenvalue weighted by molar-refractivity contribution is 14.0. The molecule has 0 amide bonds. The summed E-state index contributed by atoms with van der Waals surface area (Å²) >= 11 is 0. The molecule has 2 aliphatic rings. The zero-order chi connectivity index (χ0) is 16.9. The van der Waals surface area contributed by atoms with Gasteiger partial charge in [0.15, 0.2) is 5.96 Å². The van der Waals surface area contributed by atoms with Gasteiger partial charge in [-0.25, -0.2) is 0 Å². The van der Waals surface area contributed by atoms with E-state index in [0.29, 0.717) is 25.5 Å². The highest BCUT2D eigenvalue weighted by atomic mass is 127. The zero-order valence-electron chi connectivity index (χ0n) is 14.4. The number of nitrogens with one attached hydrogen (secondary N) is 2. The van der Waals surface area contributed by atoms with E-state index in [2.05, 4.69) is 27.4 Å². The molecular weight excluding hydrogens is 434 g/mol. The van der Waals surface area contributed by atoms with Crippen LogP contribution in [0.25, 0.3) is 0 Å². The van der Waals surface area contributed by atoms with Crippen molar-refractivity contribution in [2.45, 2.75) is 44.4 Å². The minimum absolute atomic E-state index is 0. The Hall–Kier alpha value is -0.290. The van der Waals surface area contributed by atoms with E-state index >= 15 is 0 Å². The minimum Gasteiger partial charge on any atom is -0.355 e. The van der Waals surface area contributed by atoms with Crippen LogP contribution < -0.4 is 10.6 Å². The summed E-state index contributed by atoms with van der Waals surface area (Å²) in [5, 5.41) is 6.49. The molecule has 1 aliphatic carbocycles. The Morgan fingerprint density at radius 3 is 2.54 bits per heavy atom. The van der Waals surface area contributed by atoms with Crippen LogP contribution in [0.3, 0.4) is 0 Å². The normalized spacial score (nSPS) is 22.6. The number of guanidine groups is 1. The van der Waals surface area contributed by atoms with Crippen molar-refractivity contribution >= 4 is 29.9 Å². The molecule has 24 heavy (non-hydrogen) atoms. The van der Waals surface area contributed by atoms with Crippen LogP contribution in [0.2, 0.25) is 0 Å². The van der Waals surface area contributed by atoms with Crippen LogP contribution in [0.5, 0.6) is 0 Å². The lowest BCUT2D eigenvalue weighted by molar-refractivity contribution is -0.143. The summed E-state index contributed by atoms with van der Waals surface area (Å²) in [4.78, 5) is 8.06. The monoisotopic (exact) mass is 463 g/mol. The van der Waals surface area contributed by atoms with Gasteiger partial charge in [-0.05, 0) is 25.8 Å². The second-order valence-electron chi connectivity index (χ2n) is 6.34. The lowest BCUT2D eigenvalue weighted by atomic mass is 10.3. The summed E-state index contributed by atoms with van der Waals surface area (Å²) in [5.41, 5.74) is 0. The van der Waals surface area contributed by atoms with Crippen LogP contribution in [0.15, 0.2) is 4.99 Å². The number of rotatable bonds is 7. The summed E-state index contributed by atoms with van der Waals surface area (Å²) < 4.78 is 37.2. The number of halogens is 4. The van der Waals surface area contributed by atoms with Crippen molar-refractivity contribution in [3.05, 3.63) is 0 Å². The number of hydrogen-bond donors (Lipinski definition) is 2. The van der Waals surface area contributed by atoms with Crippen molar-refractivity contribution in [2.75, 3.05) is 46.3 Å². The molecule has 1 atom stereocenters. The van der Waals surface area contributed by atoms with Gasteiger partial charge >= 0.3 is 6.18 Å². The lowest BCUT2D eigenvalue weighted by Crippen LogP contribution is -2.47. The highest BCUT2D eigenvalue weighted by Gasteiger charge is 2.34. The smallest absolute Gasteiger partial charge is 0.355 e. The molecule has 2 rings (SSSR count). The third-order valence-corrected chi connectivity index (χ3v) is 4.40. The molecule has 1 aliphatic heterocycles. The topological polar surface area (TPSA) is 42.9 Å². The van der Waals surface area contributed by atoms with Crippen molar-refractivity contribution in [1.29, 1.82) is 0 Å². The van der Waals surface area contributed by atoms with E-state index in [4.69, 9.17) is 0 Å². The lowest BCUT2D eigenvalue weighted by Gasteiger charge is -2.22. The van der Waals surface area contributed by atoms with Crippen molar-refractivity contribution in [3.8, 4) is 0 Å². The fourth-order valence-electron chi connectivity index (χ4n) is 3.09. The average Bonchev–Trinajstić information content (AvgIpc) is 3.23. The predicted octanol–water partition coefficient (Wildman–Crippen LogP) is 1.89. The maximum atomic E-state index is 12.4. The fourth-order valence-corrected chi connectivity index (χ4v) is 3.09. The van der Waals surface area contributed by atoms with Crippen LogP contribution in [0.4, 0.5) is 13.2 Å². The number of aliphatic imine (C=N–C) groups is 1. The Labute approximate surface area is 159 Å². The summed E-state index contributed by atoms with van der Waals surface area (Å²) in [6.45, 7) is 5.02. The zero-order valence-corrected chi connectivity index (χ0v) is 16.7. The molecule has 0 bridgehead atoms. The second kappa shape index (κ2) is 10.0. The third-order valence-electron chi connectivity index (χ3n) is 4.40. The van der Waals surface area contributed by atoms with Gasteiger partial charge in [0.2, 0.25) is 0 Å². The van der Waals surface area contributed by atoms with Gasteiger partial charge in [-0.15, -0.1) is 24.0 Å². The molecule has 0 aromatic heterocycles. The van der Waals surface area contributed by atoms with Crippen molar-refractivity contribution < 1.29 is 13.2 Å². The summed E-state index contributed by atoms with van der Waals surface area (Å²) in [6.07, 6.45) is -0.836. The Bertz CT molecular complexity index is 401. The maximum Gasteiger partial charge on any atom is 0.401 e. The Morgan fingerprint density at radius 2 is 2.00 bits per heavy atom. The molecule has 142 valence electrons. The second-order valence-corrected chi connectivity index (χ2v) is 6.34. The van der Waals surface area contributed by atoms with Crippen LogP contribution in [0, 0.1) is 0 Å². The van der Waals surface area contributed by atoms with Gasteiger partial charge < -0.3 is 10.6 Å². The first kappa shape index (κ1) is 21.8. The Balaban J connectivity index is 0.00000288. The van der Waals surface area contributed by atoms with Gasteiger partial charge in [-0.2, -0.15) is 13.2 Å². The average molecular weight is 463 g/mol. The van der Waals surface area contributed by atoms with Gasteiger partial charge in [-0.1, -0.05) is 6.92 Å². The van der Waals surface area contributed by atoms with E-state index in [1.165, 1.54) is 17.7 Å².